The van der Waals surface area contributed by atoms with Crippen LogP contribution in [0.4, 0.5) is 11.8 Å². The monoisotopic (exact) mass is 837 g/mol. The van der Waals surface area contributed by atoms with E-state index in [0.717, 1.165) is 86.7 Å². The Hall–Kier alpha value is -4.06. The highest BCUT2D eigenvalue weighted by molar-refractivity contribution is 7.45. The molecule has 3 amide bonds. The summed E-state index contributed by atoms with van der Waals surface area (Å²) in [5, 5.41) is 26.4. The minimum Gasteiger partial charge on any atom is -0.367 e. The van der Waals surface area contributed by atoms with E-state index in [9.17, 15) is 14.4 Å². The van der Waals surface area contributed by atoms with Gasteiger partial charge in [-0.2, -0.15) is 4.98 Å². The van der Waals surface area contributed by atoms with Crippen LogP contribution in [-0.2, 0) is 27.5 Å². The molecule has 3 fully saturated rings. The van der Waals surface area contributed by atoms with Crippen molar-refractivity contribution < 1.29 is 24.2 Å². The summed E-state index contributed by atoms with van der Waals surface area (Å²) in [6.45, 7) is 5.98. The number of carbonyl (C=O) groups is 3. The summed E-state index contributed by atoms with van der Waals surface area (Å²) in [6.07, 6.45) is 13.9. The maximum Gasteiger partial charge on any atom is 0.245 e. The molecule has 1 aromatic carbocycles. The van der Waals surface area contributed by atoms with Crippen molar-refractivity contribution >= 4 is 48.8 Å². The Kier molecular flexibility index (Phi) is 17.4. The molecule has 324 valence electrons. The second kappa shape index (κ2) is 23.1. The van der Waals surface area contributed by atoms with E-state index in [4.69, 9.17) is 25.5 Å². The Balaban J connectivity index is 0.919. The first-order valence-corrected chi connectivity index (χ1v) is 23.0. The number of aryl methyl sites for hydroxylation is 1. The van der Waals surface area contributed by atoms with Crippen LogP contribution in [0, 0.1) is 0 Å². The fourth-order valence-corrected chi connectivity index (χ4v) is 8.53. The molecule has 2 saturated heterocycles. The number of para-hydroxylation sites is 1. The Labute approximate surface area is 348 Å². The molecule has 3 aliphatic rings. The van der Waals surface area contributed by atoms with E-state index in [2.05, 4.69) is 36.9 Å². The molecule has 2 atom stereocenters. The molecule has 1 saturated carbocycles. The van der Waals surface area contributed by atoms with Gasteiger partial charge < -0.3 is 51.9 Å². The quantitative estimate of drug-likeness (QED) is 0.0534. The Morgan fingerprint density at radius 1 is 0.898 bits per heavy atom. The smallest absolute Gasteiger partial charge is 0.245 e. The first-order chi connectivity index (χ1) is 28.7. The van der Waals surface area contributed by atoms with E-state index in [1.165, 1.54) is 32.1 Å². The van der Waals surface area contributed by atoms with Crippen LogP contribution in [0.1, 0.15) is 89.2 Å². The summed E-state index contributed by atoms with van der Waals surface area (Å²) in [5.74, 6) is 0.550. The number of nitrogens with one attached hydrogen (secondary N) is 5. The summed E-state index contributed by atoms with van der Waals surface area (Å²) < 4.78 is 1.88. The molecular formula is C40H64N13O5P. The molecule has 0 bridgehead atoms. The number of anilines is 2. The predicted octanol–water partition coefficient (Wildman–Crippen LogP) is 2.04. The minimum absolute atomic E-state index is 0.0403. The molecule has 9 N–H and O–H groups in total. The molecule has 0 spiro atoms. The summed E-state index contributed by atoms with van der Waals surface area (Å²) >= 11 is 0. The van der Waals surface area contributed by atoms with E-state index in [0.29, 0.717) is 38.5 Å². The zero-order chi connectivity index (χ0) is 41.4. The molecular weight excluding hydrogens is 773 g/mol. The summed E-state index contributed by atoms with van der Waals surface area (Å²) in [5.41, 5.74) is 7.60. The van der Waals surface area contributed by atoms with Gasteiger partial charge in [-0.3, -0.25) is 19.1 Å². The van der Waals surface area contributed by atoms with Gasteiger partial charge in [0, 0.05) is 62.8 Å². The van der Waals surface area contributed by atoms with Crippen molar-refractivity contribution in [2.75, 3.05) is 62.6 Å². The zero-order valence-corrected chi connectivity index (χ0v) is 35.1. The Morgan fingerprint density at radius 2 is 1.69 bits per heavy atom. The number of benzene rings is 1. The molecule has 2 aliphatic heterocycles. The van der Waals surface area contributed by atoms with Gasteiger partial charge in [0.1, 0.15) is 17.6 Å². The number of nitrogens with two attached hydrogens (primary N) is 1. The lowest BCUT2D eigenvalue weighted by molar-refractivity contribution is -0.144. The third kappa shape index (κ3) is 13.7. The van der Waals surface area contributed by atoms with E-state index in [-0.39, 0.29) is 43.4 Å². The van der Waals surface area contributed by atoms with Gasteiger partial charge in [-0.05, 0) is 89.6 Å². The third-order valence-electron chi connectivity index (χ3n) is 11.5. The number of likely N-dealkylation sites (tertiary alicyclic amines) is 2. The van der Waals surface area contributed by atoms with Crippen molar-refractivity contribution in [3.05, 3.63) is 36.2 Å². The van der Waals surface area contributed by atoms with Crippen molar-refractivity contribution in [2.24, 2.45) is 5.73 Å². The maximum absolute atomic E-state index is 13.7. The molecule has 1 aliphatic carbocycles. The van der Waals surface area contributed by atoms with Gasteiger partial charge in [-0.1, -0.05) is 36.6 Å². The number of piperidine rings is 1. The Bertz CT molecular complexity index is 1790. The summed E-state index contributed by atoms with van der Waals surface area (Å²) in [7, 11) is -2.10. The molecule has 59 heavy (non-hydrogen) atoms. The summed E-state index contributed by atoms with van der Waals surface area (Å²) in [4.78, 5) is 70.3. The van der Waals surface area contributed by atoms with Crippen molar-refractivity contribution in [1.82, 2.24) is 50.7 Å². The van der Waals surface area contributed by atoms with Gasteiger partial charge in [0.25, 0.3) is 0 Å². The molecule has 18 nitrogen and oxygen atoms in total. The van der Waals surface area contributed by atoms with Crippen LogP contribution < -0.4 is 32.3 Å². The predicted molar refractivity (Wildman–Crippen MR) is 228 cm³/mol. The van der Waals surface area contributed by atoms with Gasteiger partial charge in [-0.25, -0.2) is 4.98 Å². The molecule has 0 unspecified atom stereocenters. The van der Waals surface area contributed by atoms with Gasteiger partial charge in [0.2, 0.25) is 23.7 Å². The van der Waals surface area contributed by atoms with E-state index in [1.807, 2.05) is 40.0 Å². The molecule has 3 aromatic rings. The molecule has 2 aromatic heterocycles. The van der Waals surface area contributed by atoms with Crippen LogP contribution in [0.25, 0.3) is 10.9 Å². The standard InChI is InChI=1S/C40H64N13O5P/c41-33(38(55)44-21-26-59(57)58)14-15-36(54)53-23-6-13-35(53)39(56)51-24-16-30(17-25-51)46-37-32-11-4-5-12-34(32)47-40(48-37)45-27-31-28-52(50-49-31)22-8-19-42-18-7-20-43-29-9-2-1-3-10-29/h4-5,11-12,28-30,33,35,42-43,57-58H,1-3,6-10,13-27,41H2,(H,44,55)(H2,45,46,47,48)/t33-,35-/m1/s1. The van der Waals surface area contributed by atoms with Crippen LogP contribution >= 0.6 is 8.38 Å². The number of amides is 3. The van der Waals surface area contributed by atoms with Crippen molar-refractivity contribution in [3.63, 3.8) is 0 Å². The number of aromatic nitrogens is 5. The topological polar surface area (TPSA) is 241 Å². The van der Waals surface area contributed by atoms with Crippen molar-refractivity contribution in [1.29, 1.82) is 0 Å². The number of hydrogen-bond acceptors (Lipinski definition) is 14. The van der Waals surface area contributed by atoms with Crippen molar-refractivity contribution in [2.45, 2.75) is 121 Å². The van der Waals surface area contributed by atoms with Gasteiger partial charge in [-0.15, -0.1) is 5.10 Å². The average molecular weight is 838 g/mol. The van der Waals surface area contributed by atoms with Crippen LogP contribution in [0.15, 0.2) is 30.5 Å². The van der Waals surface area contributed by atoms with Gasteiger partial charge >= 0.3 is 0 Å². The molecule has 6 rings (SSSR count). The molecule has 19 heteroatoms. The van der Waals surface area contributed by atoms with Crippen LogP contribution in [0.5, 0.6) is 0 Å². The van der Waals surface area contributed by atoms with Crippen LogP contribution in [-0.4, -0.2) is 138 Å². The fourth-order valence-electron chi connectivity index (χ4n) is 8.22. The Morgan fingerprint density at radius 3 is 2.51 bits per heavy atom. The number of nitrogens with zero attached hydrogens (tertiary/aromatic N) is 7. The number of fused-ring (bicyclic) bond motifs is 1. The van der Waals surface area contributed by atoms with E-state index >= 15 is 0 Å². The zero-order valence-electron chi connectivity index (χ0n) is 34.2. The lowest BCUT2D eigenvalue weighted by Gasteiger charge is -2.36. The normalized spacial score (nSPS) is 18.4. The highest BCUT2D eigenvalue weighted by Crippen LogP contribution is 2.27. The number of carbonyl (C=O) groups excluding carboxylic acids is 3. The van der Waals surface area contributed by atoms with Gasteiger partial charge in [0.15, 0.2) is 8.38 Å². The number of rotatable bonds is 22. The van der Waals surface area contributed by atoms with Crippen LogP contribution in [0.2, 0.25) is 0 Å². The lowest BCUT2D eigenvalue weighted by Crippen LogP contribution is -2.51. The first-order valence-electron chi connectivity index (χ1n) is 21.6. The second-order valence-electron chi connectivity index (χ2n) is 16.0. The maximum atomic E-state index is 13.7. The largest absolute Gasteiger partial charge is 0.367 e. The average Bonchev–Trinajstić information content (AvgIpc) is 3.93. The lowest BCUT2D eigenvalue weighted by atomic mass is 9.95. The van der Waals surface area contributed by atoms with Gasteiger partial charge in [0.05, 0.1) is 24.3 Å². The van der Waals surface area contributed by atoms with E-state index in [1.54, 1.807) is 4.90 Å². The van der Waals surface area contributed by atoms with E-state index < -0.39 is 26.4 Å². The third-order valence-corrected chi connectivity index (χ3v) is 12.2. The SMILES string of the molecule is N[C@H](CCC(=O)N1CCC[C@@H]1C(=O)N1CCC(Nc2nc(NCc3cn(CCCNCCCNC4CCCCC4)nn3)nc3ccccc23)CC1)C(=O)NCCP(O)O. The number of hydrogen-bond donors (Lipinski definition) is 8. The van der Waals surface area contributed by atoms with Crippen molar-refractivity contribution in [3.8, 4) is 0 Å². The molecule has 4 heterocycles. The minimum atomic E-state index is -2.10. The fraction of sp³-hybridized carbons (Fsp3) is 0.675. The second-order valence-corrected chi connectivity index (χ2v) is 17.2. The molecule has 0 radical (unpaired) electrons. The highest BCUT2D eigenvalue weighted by Gasteiger charge is 2.37. The highest BCUT2D eigenvalue weighted by atomic mass is 31.2. The van der Waals surface area contributed by atoms with Crippen LogP contribution in [0.3, 0.4) is 0 Å². The first kappa shape index (κ1) is 44.5. The summed E-state index contributed by atoms with van der Waals surface area (Å²) in [6, 6.07) is 7.29.